The van der Waals surface area contributed by atoms with Crippen LogP contribution in [0, 0.1) is 5.92 Å². The fraction of sp³-hybridized carbons (Fsp3) is 1.00. The topological polar surface area (TPSA) is 43.4 Å². The van der Waals surface area contributed by atoms with Gasteiger partial charge in [0.15, 0.2) is 0 Å². The summed E-state index contributed by atoms with van der Waals surface area (Å²) in [5.74, 6) is 0.429. The second kappa shape index (κ2) is 4.29. The first-order chi connectivity index (χ1) is 6.72. The Hall–Kier alpha value is -0.300. The molecule has 0 heterocycles. The Morgan fingerprint density at radius 3 is 2.00 bits per heavy atom. The van der Waals surface area contributed by atoms with Gasteiger partial charge in [-0.1, -0.05) is 6.92 Å². The molecule has 1 aliphatic rings. The van der Waals surface area contributed by atoms with E-state index >= 15 is 0 Å². The maximum absolute atomic E-state index is 12.0. The van der Waals surface area contributed by atoms with Gasteiger partial charge in [0, 0.05) is 0 Å². The second-order valence-corrected chi connectivity index (χ2v) is 5.44. The number of rotatable bonds is 2. The molecule has 90 valence electrons. The first-order valence-corrected chi connectivity index (χ1v) is 6.13. The van der Waals surface area contributed by atoms with Crippen molar-refractivity contribution in [3.63, 3.8) is 0 Å². The highest BCUT2D eigenvalue weighted by molar-refractivity contribution is 7.87. The number of hydrogen-bond donors (Lipinski definition) is 0. The van der Waals surface area contributed by atoms with Gasteiger partial charge in [-0.15, -0.1) is 0 Å². The minimum atomic E-state index is -5.41. The summed E-state index contributed by atoms with van der Waals surface area (Å²) in [5.41, 5.74) is -5.31. The van der Waals surface area contributed by atoms with Crippen LogP contribution in [0.1, 0.15) is 32.6 Å². The van der Waals surface area contributed by atoms with E-state index in [-0.39, 0.29) is 0 Å². The summed E-state index contributed by atoms with van der Waals surface area (Å²) < 4.78 is 61.3. The van der Waals surface area contributed by atoms with Crippen LogP contribution in [0.4, 0.5) is 13.2 Å². The predicted octanol–water partition coefficient (Wildman–Crippen LogP) is 2.43. The third-order valence-corrected chi connectivity index (χ3v) is 3.60. The van der Waals surface area contributed by atoms with E-state index < -0.39 is 21.7 Å². The SMILES string of the molecule is CC1CCC(OS(=O)(=O)C(F)(F)F)CC1. The van der Waals surface area contributed by atoms with E-state index in [1.807, 2.05) is 6.92 Å². The molecule has 0 N–H and O–H groups in total. The van der Waals surface area contributed by atoms with Crippen LogP contribution in [0.25, 0.3) is 0 Å². The molecule has 0 spiro atoms. The molecule has 0 amide bonds. The van der Waals surface area contributed by atoms with Crippen molar-refractivity contribution >= 4 is 10.1 Å². The minimum absolute atomic E-state index is 0.372. The maximum Gasteiger partial charge on any atom is 0.523 e. The highest BCUT2D eigenvalue weighted by atomic mass is 32.2. The molecule has 7 heteroatoms. The number of halogens is 3. The largest absolute Gasteiger partial charge is 0.523 e. The van der Waals surface area contributed by atoms with Crippen LogP contribution in [-0.2, 0) is 14.3 Å². The van der Waals surface area contributed by atoms with Gasteiger partial charge in [-0.3, -0.25) is 4.18 Å². The van der Waals surface area contributed by atoms with Crippen LogP contribution in [0.5, 0.6) is 0 Å². The summed E-state index contributed by atoms with van der Waals surface area (Å²) in [4.78, 5) is 0. The molecule has 0 atom stereocenters. The quantitative estimate of drug-likeness (QED) is 0.555. The van der Waals surface area contributed by atoms with Gasteiger partial charge in [-0.05, 0) is 31.6 Å². The molecule has 1 saturated carbocycles. The van der Waals surface area contributed by atoms with Crippen molar-refractivity contribution in [3.05, 3.63) is 0 Å². The van der Waals surface area contributed by atoms with Gasteiger partial charge in [0.2, 0.25) is 0 Å². The summed E-state index contributed by atoms with van der Waals surface area (Å²) in [6.45, 7) is 1.98. The summed E-state index contributed by atoms with van der Waals surface area (Å²) in [6, 6.07) is 0. The molecule has 0 unspecified atom stereocenters. The molecule has 0 saturated heterocycles. The zero-order chi connectivity index (χ0) is 11.7. The van der Waals surface area contributed by atoms with Crippen LogP contribution in [0.15, 0.2) is 0 Å². The Balaban J connectivity index is 2.56. The molecule has 0 aromatic carbocycles. The predicted molar refractivity (Wildman–Crippen MR) is 47.5 cm³/mol. The normalized spacial score (nSPS) is 29.1. The van der Waals surface area contributed by atoms with Crippen LogP contribution in [0.2, 0.25) is 0 Å². The van der Waals surface area contributed by atoms with Crippen molar-refractivity contribution in [2.75, 3.05) is 0 Å². The average molecular weight is 246 g/mol. The first-order valence-electron chi connectivity index (χ1n) is 4.72. The van der Waals surface area contributed by atoms with E-state index in [1.165, 1.54) is 0 Å². The van der Waals surface area contributed by atoms with E-state index in [2.05, 4.69) is 4.18 Å². The Morgan fingerprint density at radius 2 is 1.60 bits per heavy atom. The monoisotopic (exact) mass is 246 g/mol. The lowest BCUT2D eigenvalue weighted by Gasteiger charge is -2.25. The van der Waals surface area contributed by atoms with Crippen molar-refractivity contribution in [2.45, 2.75) is 44.2 Å². The van der Waals surface area contributed by atoms with Crippen LogP contribution in [0.3, 0.4) is 0 Å². The van der Waals surface area contributed by atoms with E-state index in [1.54, 1.807) is 0 Å². The number of hydrogen-bond acceptors (Lipinski definition) is 3. The van der Waals surface area contributed by atoms with Crippen LogP contribution in [-0.4, -0.2) is 20.0 Å². The Kier molecular flexibility index (Phi) is 3.65. The summed E-state index contributed by atoms with van der Waals surface area (Å²) >= 11 is 0. The van der Waals surface area contributed by atoms with Gasteiger partial charge in [-0.2, -0.15) is 21.6 Å². The second-order valence-electron chi connectivity index (χ2n) is 3.88. The third-order valence-electron chi connectivity index (χ3n) is 2.51. The van der Waals surface area contributed by atoms with Crippen molar-refractivity contribution in [1.82, 2.24) is 0 Å². The summed E-state index contributed by atoms with van der Waals surface area (Å²) in [5, 5.41) is 0. The van der Waals surface area contributed by atoms with E-state index in [0.717, 1.165) is 0 Å². The van der Waals surface area contributed by atoms with Crippen LogP contribution >= 0.6 is 0 Å². The minimum Gasteiger partial charge on any atom is -0.260 e. The summed E-state index contributed by atoms with van der Waals surface area (Å²) in [7, 11) is -5.41. The zero-order valence-corrected chi connectivity index (χ0v) is 9.07. The smallest absolute Gasteiger partial charge is 0.260 e. The standard InChI is InChI=1S/C8H13F3O3S/c1-6-2-4-7(5-3-6)14-15(12,13)8(9,10)11/h6-7H,2-5H2,1H3. The first kappa shape index (κ1) is 12.8. The van der Waals surface area contributed by atoms with E-state index in [9.17, 15) is 21.6 Å². The zero-order valence-electron chi connectivity index (χ0n) is 8.25. The van der Waals surface area contributed by atoms with Gasteiger partial charge in [0.05, 0.1) is 6.10 Å². The highest BCUT2D eigenvalue weighted by Crippen LogP contribution is 2.31. The Labute approximate surface area is 86.7 Å². The molecule has 0 aromatic heterocycles. The molecule has 1 fully saturated rings. The molecule has 0 bridgehead atoms. The molecular weight excluding hydrogens is 233 g/mol. The van der Waals surface area contributed by atoms with Gasteiger partial charge in [-0.25, -0.2) is 0 Å². The van der Waals surface area contributed by atoms with E-state index in [4.69, 9.17) is 0 Å². The molecule has 1 rings (SSSR count). The van der Waals surface area contributed by atoms with Gasteiger partial charge in [0.25, 0.3) is 0 Å². The van der Waals surface area contributed by atoms with Crippen molar-refractivity contribution < 1.29 is 25.8 Å². The fourth-order valence-electron chi connectivity index (χ4n) is 1.56. The van der Waals surface area contributed by atoms with Gasteiger partial charge >= 0.3 is 15.6 Å². The number of alkyl halides is 3. The molecule has 3 nitrogen and oxygen atoms in total. The maximum atomic E-state index is 12.0. The lowest BCUT2D eigenvalue weighted by Crippen LogP contribution is -2.31. The molecule has 0 aliphatic heterocycles. The molecule has 1 aliphatic carbocycles. The van der Waals surface area contributed by atoms with Gasteiger partial charge in [0.1, 0.15) is 0 Å². The summed E-state index contributed by atoms with van der Waals surface area (Å²) in [6.07, 6.45) is 1.34. The van der Waals surface area contributed by atoms with Crippen LogP contribution < -0.4 is 0 Å². The molecular formula is C8H13F3O3S. The highest BCUT2D eigenvalue weighted by Gasteiger charge is 2.48. The molecule has 0 aromatic rings. The lowest BCUT2D eigenvalue weighted by atomic mass is 9.89. The Bertz CT molecular complexity index is 302. The third kappa shape index (κ3) is 3.34. The molecule has 0 radical (unpaired) electrons. The van der Waals surface area contributed by atoms with E-state index in [0.29, 0.717) is 31.6 Å². The Morgan fingerprint density at radius 1 is 1.13 bits per heavy atom. The average Bonchev–Trinajstić information content (AvgIpc) is 2.06. The van der Waals surface area contributed by atoms with Crippen molar-refractivity contribution in [1.29, 1.82) is 0 Å². The van der Waals surface area contributed by atoms with Gasteiger partial charge < -0.3 is 0 Å². The lowest BCUT2D eigenvalue weighted by molar-refractivity contribution is -0.0588. The fourth-order valence-corrected chi connectivity index (χ4v) is 2.22. The van der Waals surface area contributed by atoms with Crippen molar-refractivity contribution in [2.24, 2.45) is 5.92 Å². The molecule has 15 heavy (non-hydrogen) atoms. The van der Waals surface area contributed by atoms with Crippen molar-refractivity contribution in [3.8, 4) is 0 Å².